The first-order valence-electron chi connectivity index (χ1n) is 13.9. The lowest BCUT2D eigenvalue weighted by Gasteiger charge is -2.26. The van der Waals surface area contributed by atoms with Crippen molar-refractivity contribution in [1.29, 1.82) is 0 Å². The zero-order valence-electron chi connectivity index (χ0n) is 24.7. The zero-order chi connectivity index (χ0) is 28.9. The van der Waals surface area contributed by atoms with Crippen LogP contribution >= 0.6 is 11.3 Å². The molecular weight excluding hydrogens is 528 g/mol. The third kappa shape index (κ3) is 7.66. The molecule has 0 saturated carbocycles. The summed E-state index contributed by atoms with van der Waals surface area (Å²) in [6.45, 7) is 20.3. The highest BCUT2D eigenvalue weighted by Crippen LogP contribution is 2.33. The number of hydrogen-bond acceptors (Lipinski definition) is 6. The summed E-state index contributed by atoms with van der Waals surface area (Å²) in [7, 11) is -3.67. The van der Waals surface area contributed by atoms with Crippen LogP contribution in [0, 0.1) is 25.7 Å². The largest absolute Gasteiger partial charge is 0.302 e. The number of nitrogens with zero attached hydrogens (tertiary/aromatic N) is 4. The lowest BCUT2D eigenvalue weighted by atomic mass is 10.1. The summed E-state index contributed by atoms with van der Waals surface area (Å²) >= 11 is 1.53. The van der Waals surface area contributed by atoms with Gasteiger partial charge in [-0.2, -0.15) is 4.31 Å². The molecule has 0 bridgehead atoms. The molecule has 0 aliphatic rings. The van der Waals surface area contributed by atoms with E-state index < -0.39 is 10.0 Å². The van der Waals surface area contributed by atoms with Gasteiger partial charge in [0.2, 0.25) is 10.0 Å². The monoisotopic (exact) mass is 572 g/mol. The summed E-state index contributed by atoms with van der Waals surface area (Å²) in [5.41, 5.74) is 3.62. The second kappa shape index (κ2) is 13.4. The number of fused-ring (bicyclic) bond motifs is 1. The number of sulfonamides is 1. The van der Waals surface area contributed by atoms with Gasteiger partial charge in [-0.15, -0.1) is 0 Å². The number of carbonyl (C=O) groups is 1. The number of anilines is 1. The van der Waals surface area contributed by atoms with Crippen molar-refractivity contribution in [3.63, 3.8) is 0 Å². The van der Waals surface area contributed by atoms with Crippen LogP contribution in [0.3, 0.4) is 0 Å². The topological polar surface area (TPSA) is 73.8 Å². The van der Waals surface area contributed by atoms with Gasteiger partial charge >= 0.3 is 0 Å². The quantitative estimate of drug-likeness (QED) is 0.244. The van der Waals surface area contributed by atoms with E-state index >= 15 is 0 Å². The Balaban J connectivity index is 1.96. The van der Waals surface area contributed by atoms with Crippen molar-refractivity contribution in [2.45, 2.75) is 60.3 Å². The predicted octanol–water partition coefficient (Wildman–Crippen LogP) is 6.20. The van der Waals surface area contributed by atoms with Crippen LogP contribution in [0.5, 0.6) is 0 Å². The second-order valence-corrected chi connectivity index (χ2v) is 14.0. The van der Waals surface area contributed by atoms with Gasteiger partial charge in [0.25, 0.3) is 5.91 Å². The molecule has 3 aromatic rings. The molecule has 2 aromatic carbocycles. The lowest BCUT2D eigenvalue weighted by molar-refractivity contribution is 0.0983. The highest BCUT2D eigenvalue weighted by molar-refractivity contribution is 7.89. The predicted molar refractivity (Wildman–Crippen MR) is 163 cm³/mol. The van der Waals surface area contributed by atoms with Crippen molar-refractivity contribution < 1.29 is 13.2 Å². The van der Waals surface area contributed by atoms with E-state index in [1.807, 2.05) is 34.6 Å². The molecule has 0 atom stereocenters. The maximum Gasteiger partial charge on any atom is 0.260 e. The molecule has 1 amide bonds. The van der Waals surface area contributed by atoms with Gasteiger partial charge in [-0.25, -0.2) is 13.4 Å². The van der Waals surface area contributed by atoms with Crippen LogP contribution in [0.15, 0.2) is 41.3 Å². The minimum Gasteiger partial charge on any atom is -0.302 e. The van der Waals surface area contributed by atoms with Gasteiger partial charge in [0.1, 0.15) is 0 Å². The van der Waals surface area contributed by atoms with Crippen LogP contribution in [0.1, 0.15) is 63.0 Å². The number of aromatic nitrogens is 1. The molecule has 1 aromatic heterocycles. The van der Waals surface area contributed by atoms with Crippen LogP contribution < -0.4 is 4.90 Å². The van der Waals surface area contributed by atoms with Crippen molar-refractivity contribution in [1.82, 2.24) is 14.2 Å². The molecule has 214 valence electrons. The lowest BCUT2D eigenvalue weighted by Crippen LogP contribution is -2.39. The maximum atomic E-state index is 13.9. The van der Waals surface area contributed by atoms with Crippen LogP contribution in [-0.2, 0) is 10.0 Å². The van der Waals surface area contributed by atoms with E-state index in [0.717, 1.165) is 41.0 Å². The second-order valence-electron chi connectivity index (χ2n) is 11.0. The Hall–Kier alpha value is -2.33. The normalized spacial score (nSPS) is 12.4. The van der Waals surface area contributed by atoms with Crippen molar-refractivity contribution in [2.75, 3.05) is 44.2 Å². The maximum absolute atomic E-state index is 13.9. The van der Waals surface area contributed by atoms with Gasteiger partial charge in [0.15, 0.2) is 5.13 Å². The highest BCUT2D eigenvalue weighted by Gasteiger charge is 2.27. The van der Waals surface area contributed by atoms with Gasteiger partial charge in [0.05, 0.1) is 15.1 Å². The van der Waals surface area contributed by atoms with E-state index in [9.17, 15) is 13.2 Å². The van der Waals surface area contributed by atoms with Crippen molar-refractivity contribution in [3.8, 4) is 0 Å². The molecule has 0 aliphatic carbocycles. The molecule has 9 heteroatoms. The SMILES string of the molecule is CCN(CC)CCN(C(=O)c1ccc(S(=O)(=O)N(CC(C)C)CC(C)C)cc1)c1nc2cc(C)cc(C)c2s1. The number of amides is 1. The Kier molecular flexibility index (Phi) is 10.7. The Morgan fingerprint density at radius 3 is 2.05 bits per heavy atom. The van der Waals surface area contributed by atoms with E-state index in [-0.39, 0.29) is 22.6 Å². The molecule has 0 spiro atoms. The first-order chi connectivity index (χ1) is 18.4. The minimum atomic E-state index is -3.67. The number of carbonyl (C=O) groups excluding carboxylic acids is 1. The molecule has 39 heavy (non-hydrogen) atoms. The van der Waals surface area contributed by atoms with Gasteiger partial charge in [0, 0.05) is 31.7 Å². The molecule has 0 fully saturated rings. The summed E-state index contributed by atoms with van der Waals surface area (Å²) in [4.78, 5) is 22.9. The van der Waals surface area contributed by atoms with Gasteiger partial charge in [-0.1, -0.05) is 58.9 Å². The molecule has 0 N–H and O–H groups in total. The Bertz CT molecular complexity index is 1350. The molecule has 3 rings (SSSR count). The van der Waals surface area contributed by atoms with Gasteiger partial charge < -0.3 is 4.90 Å². The fraction of sp³-hybridized carbons (Fsp3) is 0.533. The van der Waals surface area contributed by atoms with E-state index in [1.54, 1.807) is 33.5 Å². The Morgan fingerprint density at radius 1 is 0.923 bits per heavy atom. The summed E-state index contributed by atoms with van der Waals surface area (Å²) in [5, 5.41) is 0.660. The average molecular weight is 573 g/mol. The molecule has 0 aliphatic heterocycles. The summed E-state index contributed by atoms with van der Waals surface area (Å²) in [6, 6.07) is 10.6. The summed E-state index contributed by atoms with van der Waals surface area (Å²) in [5.74, 6) is 0.237. The van der Waals surface area contributed by atoms with Gasteiger partial charge in [-0.3, -0.25) is 9.69 Å². The number of aryl methyl sites for hydroxylation is 2. The zero-order valence-corrected chi connectivity index (χ0v) is 26.3. The number of thiazole rings is 1. The molecule has 1 heterocycles. The molecule has 0 saturated heterocycles. The Labute approximate surface area is 238 Å². The number of benzene rings is 2. The number of rotatable bonds is 13. The van der Waals surface area contributed by atoms with Crippen LogP contribution in [0.25, 0.3) is 10.2 Å². The van der Waals surface area contributed by atoms with E-state index in [0.29, 0.717) is 30.3 Å². The molecule has 0 unspecified atom stereocenters. The van der Waals surface area contributed by atoms with Crippen LogP contribution in [0.2, 0.25) is 0 Å². The van der Waals surface area contributed by atoms with E-state index in [2.05, 4.69) is 37.8 Å². The Morgan fingerprint density at radius 2 is 1.51 bits per heavy atom. The smallest absolute Gasteiger partial charge is 0.260 e. The van der Waals surface area contributed by atoms with Crippen molar-refractivity contribution >= 4 is 42.6 Å². The average Bonchev–Trinajstić information content (AvgIpc) is 3.29. The highest BCUT2D eigenvalue weighted by atomic mass is 32.2. The third-order valence-electron chi connectivity index (χ3n) is 6.70. The van der Waals surface area contributed by atoms with Crippen LogP contribution in [0.4, 0.5) is 5.13 Å². The van der Waals surface area contributed by atoms with Crippen molar-refractivity contribution in [3.05, 3.63) is 53.1 Å². The third-order valence-corrected chi connectivity index (χ3v) is 9.77. The van der Waals surface area contributed by atoms with E-state index in [1.165, 1.54) is 11.3 Å². The van der Waals surface area contributed by atoms with E-state index in [4.69, 9.17) is 4.98 Å². The van der Waals surface area contributed by atoms with Crippen molar-refractivity contribution in [2.24, 2.45) is 11.8 Å². The first-order valence-corrected chi connectivity index (χ1v) is 16.1. The number of likely N-dealkylation sites (N-methyl/N-ethyl adjacent to an activating group) is 1. The molecular formula is C30H44N4O3S2. The number of hydrogen-bond donors (Lipinski definition) is 0. The van der Waals surface area contributed by atoms with Crippen LogP contribution in [-0.4, -0.2) is 67.8 Å². The molecule has 7 nitrogen and oxygen atoms in total. The summed E-state index contributed by atoms with van der Waals surface area (Å²) in [6.07, 6.45) is 0. The first kappa shape index (κ1) is 31.2. The van der Waals surface area contributed by atoms with Gasteiger partial charge in [-0.05, 0) is 80.2 Å². The fourth-order valence-electron chi connectivity index (χ4n) is 4.71. The molecule has 0 radical (unpaired) electrons. The minimum absolute atomic E-state index is 0.180. The fourth-order valence-corrected chi connectivity index (χ4v) is 7.51. The summed E-state index contributed by atoms with van der Waals surface area (Å²) < 4.78 is 29.6. The standard InChI is InChI=1S/C30H44N4O3S2/c1-9-32(10-2)15-16-34(30-31-27-18-23(7)17-24(8)28(27)38-30)29(35)25-11-13-26(14-12-25)39(36,37)33(19-21(3)4)20-22(5)6/h11-14,17-18,21-22H,9-10,15-16,19-20H2,1-8H3.